The van der Waals surface area contributed by atoms with Gasteiger partial charge in [0, 0.05) is 22.3 Å². The summed E-state index contributed by atoms with van der Waals surface area (Å²) in [6, 6.07) is 18.7. The second-order valence-corrected chi connectivity index (χ2v) is 6.49. The van der Waals surface area contributed by atoms with E-state index in [1.165, 1.54) is 22.2 Å². The van der Waals surface area contributed by atoms with Crippen LogP contribution in [0.3, 0.4) is 0 Å². The standard InChI is InChI=1S/C20H19N3/c1-13-10-17-16-4-2-3-5-18(16)23-20(17)19(11-13)22-15-8-6-14(12-21)7-9-15/h2-9,13,19,22-23H,10-11H2,1H3/t13-,19+/m1/s1. The van der Waals surface area contributed by atoms with E-state index in [9.17, 15) is 0 Å². The SMILES string of the molecule is C[C@@H]1Cc2c([nH]c3ccccc23)[C@@H](Nc2ccc(C#N)cc2)C1. The van der Waals surface area contributed by atoms with Gasteiger partial charge in [0.05, 0.1) is 17.7 Å². The fourth-order valence-corrected chi connectivity index (χ4v) is 3.66. The third kappa shape index (κ3) is 2.47. The van der Waals surface area contributed by atoms with Gasteiger partial charge in [-0.2, -0.15) is 5.26 Å². The van der Waals surface area contributed by atoms with Crippen LogP contribution in [0.25, 0.3) is 10.9 Å². The van der Waals surface area contributed by atoms with Crippen LogP contribution in [0.15, 0.2) is 48.5 Å². The molecule has 0 saturated carbocycles. The lowest BCUT2D eigenvalue weighted by atomic mass is 9.84. The third-order valence-electron chi connectivity index (χ3n) is 4.74. The molecule has 0 saturated heterocycles. The van der Waals surface area contributed by atoms with Gasteiger partial charge in [-0.1, -0.05) is 25.1 Å². The smallest absolute Gasteiger partial charge is 0.0991 e. The molecule has 0 amide bonds. The highest BCUT2D eigenvalue weighted by molar-refractivity contribution is 5.85. The highest BCUT2D eigenvalue weighted by atomic mass is 15.0. The molecule has 2 N–H and O–H groups in total. The summed E-state index contributed by atoms with van der Waals surface area (Å²) in [5.74, 6) is 0.651. The van der Waals surface area contributed by atoms with E-state index in [-0.39, 0.29) is 6.04 Å². The normalized spacial score (nSPS) is 20.0. The number of hydrogen-bond donors (Lipinski definition) is 2. The quantitative estimate of drug-likeness (QED) is 0.716. The molecular formula is C20H19N3. The molecule has 0 aliphatic heterocycles. The van der Waals surface area contributed by atoms with Gasteiger partial charge in [0.25, 0.3) is 0 Å². The number of nitrogens with one attached hydrogen (secondary N) is 2. The van der Waals surface area contributed by atoms with Gasteiger partial charge >= 0.3 is 0 Å². The largest absolute Gasteiger partial charge is 0.377 e. The number of rotatable bonds is 2. The van der Waals surface area contributed by atoms with Crippen molar-refractivity contribution in [2.75, 3.05) is 5.32 Å². The van der Waals surface area contributed by atoms with Crippen molar-refractivity contribution in [3.63, 3.8) is 0 Å². The van der Waals surface area contributed by atoms with Crippen molar-refractivity contribution in [1.82, 2.24) is 4.98 Å². The number of nitrogens with zero attached hydrogens (tertiary/aromatic N) is 1. The van der Waals surface area contributed by atoms with Gasteiger partial charge in [-0.15, -0.1) is 0 Å². The Labute approximate surface area is 136 Å². The molecule has 114 valence electrons. The molecule has 3 aromatic rings. The number of aromatic amines is 1. The minimum Gasteiger partial charge on any atom is -0.377 e. The predicted molar refractivity (Wildman–Crippen MR) is 93.3 cm³/mol. The molecule has 1 aliphatic rings. The minimum atomic E-state index is 0.286. The van der Waals surface area contributed by atoms with E-state index in [1.54, 1.807) is 0 Å². The van der Waals surface area contributed by atoms with Gasteiger partial charge in [-0.3, -0.25) is 0 Å². The Balaban J connectivity index is 1.71. The molecule has 23 heavy (non-hydrogen) atoms. The Morgan fingerprint density at radius 3 is 2.70 bits per heavy atom. The van der Waals surface area contributed by atoms with Crippen LogP contribution in [-0.4, -0.2) is 4.98 Å². The van der Waals surface area contributed by atoms with E-state index in [0.717, 1.165) is 18.5 Å². The Morgan fingerprint density at radius 2 is 1.91 bits per heavy atom. The molecule has 1 heterocycles. The average molecular weight is 301 g/mol. The number of para-hydroxylation sites is 1. The van der Waals surface area contributed by atoms with Crippen LogP contribution in [0.5, 0.6) is 0 Å². The molecule has 2 aromatic carbocycles. The first-order valence-corrected chi connectivity index (χ1v) is 8.11. The van der Waals surface area contributed by atoms with Crippen LogP contribution < -0.4 is 5.32 Å². The molecule has 1 aliphatic carbocycles. The van der Waals surface area contributed by atoms with Crippen LogP contribution >= 0.6 is 0 Å². The highest BCUT2D eigenvalue weighted by Gasteiger charge is 2.27. The van der Waals surface area contributed by atoms with E-state index >= 15 is 0 Å². The number of H-pyrrole nitrogens is 1. The summed E-state index contributed by atoms with van der Waals surface area (Å²) < 4.78 is 0. The highest BCUT2D eigenvalue weighted by Crippen LogP contribution is 2.38. The molecule has 0 spiro atoms. The first-order valence-electron chi connectivity index (χ1n) is 8.11. The molecule has 1 aromatic heterocycles. The van der Waals surface area contributed by atoms with Crippen molar-refractivity contribution in [2.24, 2.45) is 5.92 Å². The monoisotopic (exact) mass is 301 g/mol. The van der Waals surface area contributed by atoms with Crippen molar-refractivity contribution >= 4 is 16.6 Å². The van der Waals surface area contributed by atoms with Gasteiger partial charge < -0.3 is 10.3 Å². The molecule has 0 radical (unpaired) electrons. The number of benzene rings is 2. The van der Waals surface area contributed by atoms with Crippen molar-refractivity contribution in [1.29, 1.82) is 5.26 Å². The number of hydrogen-bond acceptors (Lipinski definition) is 2. The van der Waals surface area contributed by atoms with E-state index in [0.29, 0.717) is 11.5 Å². The summed E-state index contributed by atoms with van der Waals surface area (Å²) in [7, 11) is 0. The fraction of sp³-hybridized carbons (Fsp3) is 0.250. The molecular weight excluding hydrogens is 282 g/mol. The molecule has 3 nitrogen and oxygen atoms in total. The van der Waals surface area contributed by atoms with Crippen LogP contribution in [0.2, 0.25) is 0 Å². The number of anilines is 1. The summed E-state index contributed by atoms with van der Waals surface area (Å²) in [6.07, 6.45) is 2.24. The number of aromatic nitrogens is 1. The molecule has 4 rings (SSSR count). The maximum atomic E-state index is 8.92. The fourth-order valence-electron chi connectivity index (χ4n) is 3.66. The minimum absolute atomic E-state index is 0.286. The Morgan fingerprint density at radius 1 is 1.13 bits per heavy atom. The summed E-state index contributed by atoms with van der Waals surface area (Å²) in [6.45, 7) is 2.32. The lowest BCUT2D eigenvalue weighted by Gasteiger charge is -2.29. The topological polar surface area (TPSA) is 51.6 Å². The predicted octanol–water partition coefficient (Wildman–Crippen LogP) is 4.78. The molecule has 0 bridgehead atoms. The van der Waals surface area contributed by atoms with Crippen molar-refractivity contribution < 1.29 is 0 Å². The number of nitriles is 1. The summed E-state index contributed by atoms with van der Waals surface area (Å²) in [5, 5.41) is 13.9. The molecule has 0 unspecified atom stereocenters. The van der Waals surface area contributed by atoms with Crippen LogP contribution in [0.4, 0.5) is 5.69 Å². The zero-order valence-electron chi connectivity index (χ0n) is 13.1. The van der Waals surface area contributed by atoms with E-state index in [4.69, 9.17) is 5.26 Å². The lowest BCUT2D eigenvalue weighted by Crippen LogP contribution is -2.22. The maximum absolute atomic E-state index is 8.92. The number of fused-ring (bicyclic) bond motifs is 3. The second-order valence-electron chi connectivity index (χ2n) is 6.49. The van der Waals surface area contributed by atoms with E-state index < -0.39 is 0 Å². The van der Waals surface area contributed by atoms with Crippen molar-refractivity contribution in [3.05, 3.63) is 65.4 Å². The van der Waals surface area contributed by atoms with Gasteiger partial charge in [-0.25, -0.2) is 0 Å². The van der Waals surface area contributed by atoms with Crippen LogP contribution in [0.1, 0.15) is 36.2 Å². The van der Waals surface area contributed by atoms with E-state index in [2.05, 4.69) is 47.6 Å². The molecule has 0 fully saturated rings. The Bertz CT molecular complexity index is 883. The lowest BCUT2D eigenvalue weighted by molar-refractivity contribution is 0.453. The summed E-state index contributed by atoms with van der Waals surface area (Å²) >= 11 is 0. The van der Waals surface area contributed by atoms with E-state index in [1.807, 2.05) is 24.3 Å². The third-order valence-corrected chi connectivity index (χ3v) is 4.74. The van der Waals surface area contributed by atoms with Crippen LogP contribution in [-0.2, 0) is 6.42 Å². The van der Waals surface area contributed by atoms with Crippen molar-refractivity contribution in [2.45, 2.75) is 25.8 Å². The zero-order valence-corrected chi connectivity index (χ0v) is 13.1. The van der Waals surface area contributed by atoms with Gasteiger partial charge in [0.2, 0.25) is 0 Å². The van der Waals surface area contributed by atoms with Gasteiger partial charge in [-0.05, 0) is 54.7 Å². The first kappa shape index (κ1) is 13.9. The van der Waals surface area contributed by atoms with Crippen molar-refractivity contribution in [3.8, 4) is 6.07 Å². The van der Waals surface area contributed by atoms with Crippen LogP contribution in [0, 0.1) is 17.2 Å². The summed E-state index contributed by atoms with van der Waals surface area (Å²) in [4.78, 5) is 3.61. The Kier molecular flexibility index (Phi) is 3.31. The average Bonchev–Trinajstić information content (AvgIpc) is 2.94. The Hall–Kier alpha value is -2.73. The second kappa shape index (κ2) is 5.48. The first-order chi connectivity index (χ1) is 11.2. The zero-order chi connectivity index (χ0) is 15.8. The maximum Gasteiger partial charge on any atom is 0.0991 e. The molecule has 3 heteroatoms. The van der Waals surface area contributed by atoms with Gasteiger partial charge in [0.1, 0.15) is 0 Å². The van der Waals surface area contributed by atoms with Gasteiger partial charge in [0.15, 0.2) is 0 Å². The summed E-state index contributed by atoms with van der Waals surface area (Å²) in [5.41, 5.74) is 5.74. The molecule has 2 atom stereocenters.